The summed E-state index contributed by atoms with van der Waals surface area (Å²) in [4.78, 5) is 17.9. The second-order valence-electron chi connectivity index (χ2n) is 4.31. The van der Waals surface area contributed by atoms with Gasteiger partial charge in [0, 0.05) is 16.0 Å². The molecule has 2 rings (SSSR count). The van der Waals surface area contributed by atoms with Gasteiger partial charge in [-0.2, -0.15) is 0 Å². The maximum absolute atomic E-state index is 13.9. The molecule has 106 valence electrons. The highest BCUT2D eigenvalue weighted by Gasteiger charge is 2.18. The van der Waals surface area contributed by atoms with Crippen molar-refractivity contribution in [2.24, 2.45) is 5.84 Å². The number of carbonyl (C=O) groups is 1. The highest BCUT2D eigenvalue weighted by Crippen LogP contribution is 2.23. The number of nitrogens with zero attached hydrogens (tertiary/aromatic N) is 1. The Morgan fingerprint density at radius 3 is 2.80 bits per heavy atom. The molecule has 0 saturated carbocycles. The molecule has 0 aliphatic carbocycles. The lowest BCUT2D eigenvalue weighted by Gasteiger charge is -2.13. The second-order valence-corrected chi connectivity index (χ2v) is 5.63. The molecule has 0 spiro atoms. The Kier molecular flexibility index (Phi) is 4.31. The molecule has 1 atom stereocenters. The molecule has 7 heteroatoms. The lowest BCUT2D eigenvalue weighted by molar-refractivity contribution is 0.0936. The average Bonchev–Trinajstić information content (AvgIpc) is 2.85. The number of nitrogens with one attached hydrogen (secondary N) is 2. The van der Waals surface area contributed by atoms with E-state index in [1.165, 1.54) is 12.3 Å². The number of pyridine rings is 1. The Hall–Kier alpha value is -1.99. The van der Waals surface area contributed by atoms with Crippen LogP contribution < -0.4 is 16.6 Å². The molecule has 0 saturated heterocycles. The van der Waals surface area contributed by atoms with Gasteiger partial charge in [-0.05, 0) is 32.0 Å². The molecule has 0 aliphatic heterocycles. The number of aromatic nitrogens is 1. The van der Waals surface area contributed by atoms with E-state index in [0.29, 0.717) is 0 Å². The second kappa shape index (κ2) is 5.98. The molecule has 0 aliphatic rings. The largest absolute Gasteiger partial charge is 0.345 e. The topological polar surface area (TPSA) is 80.0 Å². The van der Waals surface area contributed by atoms with Crippen LogP contribution in [0.5, 0.6) is 0 Å². The van der Waals surface area contributed by atoms with Gasteiger partial charge in [0.25, 0.3) is 5.91 Å². The number of nitrogens with two attached hydrogens (primary N) is 1. The molecular formula is C13H15FN4OS. The first-order valence-electron chi connectivity index (χ1n) is 6.01. The molecule has 0 fully saturated rings. The van der Waals surface area contributed by atoms with Crippen LogP contribution in [0.15, 0.2) is 24.4 Å². The standard InChI is InChI=1S/C13H15FN4OS/c1-7-3-4-10(20-7)8(2)17-13(19)9-5-6-16-12(18-15)11(9)14/h3-6,8H,15H2,1-2H3,(H,16,18)(H,17,19). The van der Waals surface area contributed by atoms with Crippen LogP contribution in [0.4, 0.5) is 10.2 Å². The Bertz CT molecular complexity index is 629. The maximum Gasteiger partial charge on any atom is 0.254 e. The van der Waals surface area contributed by atoms with Gasteiger partial charge >= 0.3 is 0 Å². The van der Waals surface area contributed by atoms with Crippen LogP contribution in [0.3, 0.4) is 0 Å². The summed E-state index contributed by atoms with van der Waals surface area (Å²) in [6.45, 7) is 3.84. The van der Waals surface area contributed by atoms with Gasteiger partial charge in [0.1, 0.15) is 0 Å². The number of thiophene rings is 1. The van der Waals surface area contributed by atoms with E-state index in [0.717, 1.165) is 9.75 Å². The van der Waals surface area contributed by atoms with Crippen LogP contribution in [-0.2, 0) is 0 Å². The molecule has 2 heterocycles. The molecule has 2 aromatic rings. The fourth-order valence-electron chi connectivity index (χ4n) is 1.75. The Balaban J connectivity index is 2.16. The van der Waals surface area contributed by atoms with E-state index in [4.69, 9.17) is 5.84 Å². The lowest BCUT2D eigenvalue weighted by atomic mass is 10.2. The van der Waals surface area contributed by atoms with E-state index < -0.39 is 11.7 Å². The summed E-state index contributed by atoms with van der Waals surface area (Å²) >= 11 is 1.59. The number of carbonyl (C=O) groups excluding carboxylic acids is 1. The third kappa shape index (κ3) is 2.94. The fraction of sp³-hybridized carbons (Fsp3) is 0.231. The van der Waals surface area contributed by atoms with Crippen molar-refractivity contribution in [3.63, 3.8) is 0 Å². The summed E-state index contributed by atoms with van der Waals surface area (Å²) in [5.41, 5.74) is 2.03. The van der Waals surface area contributed by atoms with Gasteiger partial charge in [-0.25, -0.2) is 15.2 Å². The van der Waals surface area contributed by atoms with Crippen molar-refractivity contribution >= 4 is 23.1 Å². The number of nitrogen functional groups attached to an aromatic ring is 1. The Labute approximate surface area is 120 Å². The van der Waals surface area contributed by atoms with Gasteiger partial charge in [-0.15, -0.1) is 11.3 Å². The van der Waals surface area contributed by atoms with Crippen LogP contribution in [-0.4, -0.2) is 10.9 Å². The van der Waals surface area contributed by atoms with Crippen molar-refractivity contribution in [3.8, 4) is 0 Å². The van der Waals surface area contributed by atoms with Crippen molar-refractivity contribution in [3.05, 3.63) is 45.5 Å². The zero-order valence-corrected chi connectivity index (χ0v) is 11.9. The highest BCUT2D eigenvalue weighted by atomic mass is 32.1. The van der Waals surface area contributed by atoms with Crippen molar-refractivity contribution in [1.29, 1.82) is 0 Å². The molecule has 0 radical (unpaired) electrons. The van der Waals surface area contributed by atoms with E-state index in [2.05, 4.69) is 15.7 Å². The molecule has 1 amide bonds. The molecular weight excluding hydrogens is 279 g/mol. The van der Waals surface area contributed by atoms with Crippen LogP contribution in [0.25, 0.3) is 0 Å². The number of hydrogen-bond donors (Lipinski definition) is 3. The van der Waals surface area contributed by atoms with Gasteiger partial charge in [0.05, 0.1) is 11.6 Å². The number of halogens is 1. The van der Waals surface area contributed by atoms with E-state index in [1.54, 1.807) is 11.3 Å². The summed E-state index contributed by atoms with van der Waals surface area (Å²) in [6, 6.07) is 5.05. The first-order chi connectivity index (χ1) is 9.52. The Morgan fingerprint density at radius 1 is 1.45 bits per heavy atom. The first kappa shape index (κ1) is 14.4. The van der Waals surface area contributed by atoms with Crippen LogP contribution in [0, 0.1) is 12.7 Å². The highest BCUT2D eigenvalue weighted by molar-refractivity contribution is 7.12. The predicted molar refractivity (Wildman–Crippen MR) is 76.9 cm³/mol. The minimum atomic E-state index is -0.762. The summed E-state index contributed by atoms with van der Waals surface area (Å²) in [6.07, 6.45) is 1.33. The molecule has 20 heavy (non-hydrogen) atoms. The van der Waals surface area contributed by atoms with E-state index >= 15 is 0 Å². The van der Waals surface area contributed by atoms with Gasteiger partial charge < -0.3 is 10.7 Å². The predicted octanol–water partition coefficient (Wildman–Crippen LogP) is 2.37. The third-order valence-corrected chi connectivity index (χ3v) is 3.99. The van der Waals surface area contributed by atoms with Gasteiger partial charge in [-0.1, -0.05) is 0 Å². The van der Waals surface area contributed by atoms with Crippen molar-refractivity contribution in [2.75, 3.05) is 5.43 Å². The number of aryl methyl sites for hydroxylation is 1. The van der Waals surface area contributed by atoms with E-state index in [1.807, 2.05) is 26.0 Å². The third-order valence-electron chi connectivity index (χ3n) is 2.81. The summed E-state index contributed by atoms with van der Waals surface area (Å²) in [5, 5.41) is 2.75. The van der Waals surface area contributed by atoms with Gasteiger partial charge in [-0.3, -0.25) is 4.79 Å². The fourth-order valence-corrected chi connectivity index (χ4v) is 2.63. The van der Waals surface area contributed by atoms with Crippen molar-refractivity contribution in [1.82, 2.24) is 10.3 Å². The molecule has 0 bridgehead atoms. The normalized spacial score (nSPS) is 12.0. The number of hydrogen-bond acceptors (Lipinski definition) is 5. The van der Waals surface area contributed by atoms with E-state index in [9.17, 15) is 9.18 Å². The van der Waals surface area contributed by atoms with Gasteiger partial charge in [0.2, 0.25) is 0 Å². The van der Waals surface area contributed by atoms with E-state index in [-0.39, 0.29) is 17.4 Å². The zero-order valence-electron chi connectivity index (χ0n) is 11.1. The maximum atomic E-state index is 13.9. The van der Waals surface area contributed by atoms with Crippen LogP contribution in [0.2, 0.25) is 0 Å². The van der Waals surface area contributed by atoms with Gasteiger partial charge in [0.15, 0.2) is 11.6 Å². The number of rotatable bonds is 4. The van der Waals surface area contributed by atoms with Crippen molar-refractivity contribution < 1.29 is 9.18 Å². The molecule has 0 aromatic carbocycles. The summed E-state index contributed by atoms with van der Waals surface area (Å²) < 4.78 is 13.9. The molecule has 5 nitrogen and oxygen atoms in total. The van der Waals surface area contributed by atoms with Crippen molar-refractivity contribution in [2.45, 2.75) is 19.9 Å². The molecule has 2 aromatic heterocycles. The number of hydrazine groups is 1. The monoisotopic (exact) mass is 294 g/mol. The molecule has 1 unspecified atom stereocenters. The quantitative estimate of drug-likeness (QED) is 0.597. The average molecular weight is 294 g/mol. The summed E-state index contributed by atoms with van der Waals surface area (Å²) in [7, 11) is 0. The Morgan fingerprint density at radius 2 is 2.20 bits per heavy atom. The first-order valence-corrected chi connectivity index (χ1v) is 6.83. The SMILES string of the molecule is Cc1ccc(C(C)NC(=O)c2ccnc(NN)c2F)s1. The van der Waals surface area contributed by atoms with Crippen LogP contribution >= 0.6 is 11.3 Å². The zero-order chi connectivity index (χ0) is 14.7. The van der Waals surface area contributed by atoms with Crippen LogP contribution in [0.1, 0.15) is 33.1 Å². The number of amides is 1. The molecule has 4 N–H and O–H groups in total. The minimum Gasteiger partial charge on any atom is -0.345 e. The minimum absolute atomic E-state index is 0.0897. The number of anilines is 1. The smallest absolute Gasteiger partial charge is 0.254 e. The summed E-state index contributed by atoms with van der Waals surface area (Å²) in [5.74, 6) is 3.71. The lowest BCUT2D eigenvalue weighted by Crippen LogP contribution is -2.27.